The maximum atomic E-state index is 13.7. The van der Waals surface area contributed by atoms with Gasteiger partial charge in [0.25, 0.3) is 5.91 Å². The summed E-state index contributed by atoms with van der Waals surface area (Å²) in [6.07, 6.45) is 0.539. The molecule has 0 aliphatic heterocycles. The third-order valence-electron chi connectivity index (χ3n) is 3.51. The van der Waals surface area contributed by atoms with E-state index in [2.05, 4.69) is 5.32 Å². The highest BCUT2D eigenvalue weighted by Gasteiger charge is 2.20. The Morgan fingerprint density at radius 1 is 1.25 bits per heavy atom. The fourth-order valence-corrected chi connectivity index (χ4v) is 1.95. The molecule has 0 fully saturated rings. The highest BCUT2D eigenvalue weighted by Crippen LogP contribution is 2.21. The minimum atomic E-state index is -0.939. The van der Waals surface area contributed by atoms with Crippen molar-refractivity contribution in [3.63, 3.8) is 0 Å². The van der Waals surface area contributed by atoms with Crippen LogP contribution in [0, 0.1) is 5.82 Å². The number of carbonyl (C=O) groups excluding carboxylic acids is 1. The Morgan fingerprint density at radius 3 is 2.55 bits per heavy atom. The van der Waals surface area contributed by atoms with Gasteiger partial charge in [0.1, 0.15) is 5.82 Å². The predicted molar refractivity (Wildman–Crippen MR) is 77.2 cm³/mol. The van der Waals surface area contributed by atoms with E-state index in [0.29, 0.717) is 22.8 Å². The minimum Gasteiger partial charge on any atom is -0.388 e. The average Bonchev–Trinajstić information content (AvgIpc) is 2.46. The Morgan fingerprint density at radius 2 is 1.90 bits per heavy atom. The van der Waals surface area contributed by atoms with Crippen LogP contribution < -0.4 is 5.32 Å². The van der Waals surface area contributed by atoms with E-state index < -0.39 is 5.60 Å². The van der Waals surface area contributed by atoms with Crippen molar-refractivity contribution in [2.45, 2.75) is 25.9 Å². The molecule has 0 aromatic heterocycles. The molecule has 0 bridgehead atoms. The Balaban J connectivity index is 2.29. The van der Waals surface area contributed by atoms with Gasteiger partial charge in [0.15, 0.2) is 0 Å². The minimum absolute atomic E-state index is 0.161. The van der Waals surface area contributed by atoms with Crippen LogP contribution in [0.4, 0.5) is 4.39 Å². The first-order valence-corrected chi connectivity index (χ1v) is 6.62. The zero-order valence-corrected chi connectivity index (χ0v) is 11.6. The summed E-state index contributed by atoms with van der Waals surface area (Å²) in [5.74, 6) is -0.660. The number of halogens is 1. The van der Waals surface area contributed by atoms with Crippen molar-refractivity contribution < 1.29 is 14.3 Å². The van der Waals surface area contributed by atoms with Crippen molar-refractivity contribution in [2.24, 2.45) is 0 Å². The van der Waals surface area contributed by atoms with Gasteiger partial charge in [0.05, 0.1) is 5.60 Å². The van der Waals surface area contributed by atoms with Crippen molar-refractivity contribution in [1.82, 2.24) is 5.32 Å². The van der Waals surface area contributed by atoms with Crippen molar-refractivity contribution >= 4 is 16.7 Å². The lowest BCUT2D eigenvalue weighted by Gasteiger charge is -2.21. The van der Waals surface area contributed by atoms with Crippen LogP contribution in [0.15, 0.2) is 36.4 Å². The summed E-state index contributed by atoms with van der Waals surface area (Å²) in [4.78, 5) is 12.2. The molecule has 2 rings (SSSR count). The number of amides is 1. The van der Waals surface area contributed by atoms with E-state index in [4.69, 9.17) is 0 Å². The summed E-state index contributed by atoms with van der Waals surface area (Å²) in [5.41, 5.74) is -0.528. The summed E-state index contributed by atoms with van der Waals surface area (Å²) in [6.45, 7) is 3.67. The molecular formula is C16H18FNO2. The summed E-state index contributed by atoms with van der Waals surface area (Å²) in [6, 6.07) is 9.60. The fraction of sp³-hybridized carbons (Fsp3) is 0.312. The molecule has 2 aromatic carbocycles. The molecule has 2 aromatic rings. The highest BCUT2D eigenvalue weighted by atomic mass is 19.1. The molecule has 0 spiro atoms. The Labute approximate surface area is 117 Å². The van der Waals surface area contributed by atoms with Crippen LogP contribution in [0.5, 0.6) is 0 Å². The van der Waals surface area contributed by atoms with E-state index in [1.54, 1.807) is 31.2 Å². The third kappa shape index (κ3) is 2.96. The van der Waals surface area contributed by atoms with E-state index in [0.717, 1.165) is 0 Å². The normalized spacial score (nSPS) is 14.0. The Kier molecular flexibility index (Phi) is 4.04. The molecule has 0 aliphatic rings. The molecule has 0 radical (unpaired) electrons. The van der Waals surface area contributed by atoms with Crippen LogP contribution in [0.1, 0.15) is 30.6 Å². The second-order valence-electron chi connectivity index (χ2n) is 5.17. The van der Waals surface area contributed by atoms with Gasteiger partial charge < -0.3 is 10.4 Å². The lowest BCUT2D eigenvalue weighted by molar-refractivity contribution is 0.0519. The van der Waals surface area contributed by atoms with Gasteiger partial charge in [0.2, 0.25) is 0 Å². The van der Waals surface area contributed by atoms with Gasteiger partial charge in [-0.1, -0.05) is 31.2 Å². The molecule has 0 aliphatic carbocycles. The van der Waals surface area contributed by atoms with E-state index in [-0.39, 0.29) is 18.3 Å². The fourth-order valence-electron chi connectivity index (χ4n) is 1.95. The Hall–Kier alpha value is -1.94. The lowest BCUT2D eigenvalue weighted by atomic mass is 10.0. The maximum absolute atomic E-state index is 13.7. The molecule has 1 atom stereocenters. The molecule has 0 saturated carbocycles. The molecule has 3 nitrogen and oxygen atoms in total. The highest BCUT2D eigenvalue weighted by molar-refractivity contribution is 6.07. The van der Waals surface area contributed by atoms with Crippen molar-refractivity contribution in [2.75, 3.05) is 6.54 Å². The van der Waals surface area contributed by atoms with E-state index in [1.807, 2.05) is 6.92 Å². The predicted octanol–water partition coefficient (Wildman–Crippen LogP) is 2.87. The summed E-state index contributed by atoms with van der Waals surface area (Å²) in [7, 11) is 0. The van der Waals surface area contributed by atoms with Crippen LogP contribution >= 0.6 is 0 Å². The third-order valence-corrected chi connectivity index (χ3v) is 3.51. The average molecular weight is 275 g/mol. The van der Waals surface area contributed by atoms with Crippen molar-refractivity contribution in [3.05, 3.63) is 47.8 Å². The zero-order chi connectivity index (χ0) is 14.8. The molecule has 4 heteroatoms. The van der Waals surface area contributed by atoms with Gasteiger partial charge in [0, 0.05) is 17.5 Å². The zero-order valence-electron chi connectivity index (χ0n) is 11.6. The first-order chi connectivity index (χ1) is 9.44. The molecule has 106 valence electrons. The van der Waals surface area contributed by atoms with Crippen molar-refractivity contribution in [1.29, 1.82) is 0 Å². The molecule has 0 saturated heterocycles. The van der Waals surface area contributed by atoms with Gasteiger partial charge in [-0.2, -0.15) is 0 Å². The van der Waals surface area contributed by atoms with Gasteiger partial charge in [-0.05, 0) is 30.9 Å². The molecule has 1 unspecified atom stereocenters. The largest absolute Gasteiger partial charge is 0.388 e. The second kappa shape index (κ2) is 5.59. The van der Waals surface area contributed by atoms with E-state index in [1.165, 1.54) is 12.1 Å². The number of hydrogen-bond donors (Lipinski definition) is 2. The molecule has 20 heavy (non-hydrogen) atoms. The Bertz CT molecular complexity index is 637. The van der Waals surface area contributed by atoms with Crippen molar-refractivity contribution in [3.8, 4) is 0 Å². The number of aliphatic hydroxyl groups is 1. The number of nitrogens with one attached hydrogen (secondary N) is 1. The van der Waals surface area contributed by atoms with Crippen LogP contribution in [-0.2, 0) is 0 Å². The number of benzene rings is 2. The maximum Gasteiger partial charge on any atom is 0.252 e. The van der Waals surface area contributed by atoms with Crippen LogP contribution in [0.2, 0.25) is 0 Å². The van der Waals surface area contributed by atoms with Crippen LogP contribution in [0.25, 0.3) is 10.8 Å². The SMILES string of the molecule is CCC(C)(O)CNC(=O)c1ccc(F)c2ccccc12. The molecule has 0 heterocycles. The number of fused-ring (bicyclic) bond motifs is 1. The van der Waals surface area contributed by atoms with E-state index >= 15 is 0 Å². The smallest absolute Gasteiger partial charge is 0.252 e. The number of carbonyl (C=O) groups is 1. The quantitative estimate of drug-likeness (QED) is 0.901. The first kappa shape index (κ1) is 14.5. The number of rotatable bonds is 4. The molecular weight excluding hydrogens is 257 g/mol. The lowest BCUT2D eigenvalue weighted by Crippen LogP contribution is -2.40. The van der Waals surface area contributed by atoms with Gasteiger partial charge in [-0.15, -0.1) is 0 Å². The van der Waals surface area contributed by atoms with E-state index in [9.17, 15) is 14.3 Å². The monoisotopic (exact) mass is 275 g/mol. The second-order valence-corrected chi connectivity index (χ2v) is 5.17. The number of hydrogen-bond acceptors (Lipinski definition) is 2. The van der Waals surface area contributed by atoms with Gasteiger partial charge >= 0.3 is 0 Å². The molecule has 2 N–H and O–H groups in total. The summed E-state index contributed by atoms with van der Waals surface area (Å²) >= 11 is 0. The van der Waals surface area contributed by atoms with Gasteiger partial charge in [-0.3, -0.25) is 4.79 Å². The molecule has 1 amide bonds. The summed E-state index contributed by atoms with van der Waals surface area (Å²) in [5, 5.41) is 13.6. The van der Waals surface area contributed by atoms with Crippen LogP contribution in [0.3, 0.4) is 0 Å². The standard InChI is InChI=1S/C16H18FNO2/c1-3-16(2,20)10-18-15(19)13-8-9-14(17)12-7-5-4-6-11(12)13/h4-9,20H,3,10H2,1-2H3,(H,18,19). The first-order valence-electron chi connectivity index (χ1n) is 6.62. The van der Waals surface area contributed by atoms with Gasteiger partial charge in [-0.25, -0.2) is 4.39 Å². The topological polar surface area (TPSA) is 49.3 Å². The summed E-state index contributed by atoms with van der Waals surface area (Å²) < 4.78 is 13.7. The van der Waals surface area contributed by atoms with Crippen LogP contribution in [-0.4, -0.2) is 23.2 Å².